The van der Waals surface area contributed by atoms with Crippen LogP contribution in [-0.2, 0) is 6.42 Å². The molecule has 0 fully saturated rings. The summed E-state index contributed by atoms with van der Waals surface area (Å²) in [6.45, 7) is 2.11. The van der Waals surface area contributed by atoms with Crippen molar-refractivity contribution in [2.75, 3.05) is 5.32 Å². The van der Waals surface area contributed by atoms with Crippen molar-refractivity contribution in [3.63, 3.8) is 0 Å². The van der Waals surface area contributed by atoms with Crippen molar-refractivity contribution in [2.45, 2.75) is 13.3 Å². The van der Waals surface area contributed by atoms with Gasteiger partial charge in [-0.05, 0) is 36.2 Å². The molecule has 0 radical (unpaired) electrons. The van der Waals surface area contributed by atoms with Crippen molar-refractivity contribution < 1.29 is 9.59 Å². The molecule has 5 nitrogen and oxygen atoms in total. The SMILES string of the molecule is CCc1ccc(-c2cc(C(=O)Nc3ccccc3C(N)=O)c3ccccc3n2)cc1. The molecule has 1 aromatic heterocycles. The summed E-state index contributed by atoms with van der Waals surface area (Å²) in [4.78, 5) is 29.6. The van der Waals surface area contributed by atoms with Crippen LogP contribution in [0.15, 0.2) is 78.9 Å². The van der Waals surface area contributed by atoms with Crippen molar-refractivity contribution in [2.24, 2.45) is 5.73 Å². The molecule has 0 aliphatic rings. The Morgan fingerprint density at radius 3 is 2.33 bits per heavy atom. The highest BCUT2D eigenvalue weighted by atomic mass is 16.2. The lowest BCUT2D eigenvalue weighted by atomic mass is 10.0. The summed E-state index contributed by atoms with van der Waals surface area (Å²) < 4.78 is 0. The number of hydrogen-bond acceptors (Lipinski definition) is 3. The van der Waals surface area contributed by atoms with Crippen molar-refractivity contribution in [1.29, 1.82) is 0 Å². The monoisotopic (exact) mass is 395 g/mol. The summed E-state index contributed by atoms with van der Waals surface area (Å²) in [5.74, 6) is -0.920. The third-order valence-corrected chi connectivity index (χ3v) is 5.06. The number of aryl methyl sites for hydroxylation is 1. The summed E-state index contributed by atoms with van der Waals surface area (Å²) in [5.41, 5.74) is 10.2. The molecule has 0 aliphatic heterocycles. The third-order valence-electron chi connectivity index (χ3n) is 5.06. The van der Waals surface area contributed by atoms with E-state index in [1.54, 1.807) is 30.3 Å². The van der Waals surface area contributed by atoms with Gasteiger partial charge in [-0.15, -0.1) is 0 Å². The number of fused-ring (bicyclic) bond motifs is 1. The number of rotatable bonds is 5. The quantitative estimate of drug-likeness (QED) is 0.508. The smallest absolute Gasteiger partial charge is 0.256 e. The van der Waals surface area contributed by atoms with Crippen LogP contribution in [-0.4, -0.2) is 16.8 Å². The number of amides is 2. The molecule has 1 heterocycles. The second-order valence-corrected chi connectivity index (χ2v) is 6.99. The normalized spacial score (nSPS) is 10.7. The van der Waals surface area contributed by atoms with Crippen molar-refractivity contribution >= 4 is 28.4 Å². The van der Waals surface area contributed by atoms with Gasteiger partial charge in [0.05, 0.1) is 28.0 Å². The predicted molar refractivity (Wildman–Crippen MR) is 119 cm³/mol. The molecular weight excluding hydrogens is 374 g/mol. The molecule has 4 rings (SSSR count). The van der Waals surface area contributed by atoms with Gasteiger partial charge in [0.25, 0.3) is 11.8 Å². The van der Waals surface area contributed by atoms with Gasteiger partial charge >= 0.3 is 0 Å². The number of aromatic nitrogens is 1. The van der Waals surface area contributed by atoms with E-state index in [4.69, 9.17) is 10.7 Å². The zero-order valence-electron chi connectivity index (χ0n) is 16.6. The minimum absolute atomic E-state index is 0.264. The molecule has 0 bridgehead atoms. The zero-order valence-corrected chi connectivity index (χ0v) is 16.6. The molecular formula is C25H21N3O2. The molecule has 5 heteroatoms. The number of pyridine rings is 1. The second kappa shape index (κ2) is 8.17. The summed E-state index contributed by atoms with van der Waals surface area (Å²) >= 11 is 0. The number of nitrogens with one attached hydrogen (secondary N) is 1. The van der Waals surface area contributed by atoms with Gasteiger partial charge < -0.3 is 11.1 Å². The van der Waals surface area contributed by atoms with Crippen LogP contribution >= 0.6 is 0 Å². The molecule has 0 saturated carbocycles. The van der Waals surface area contributed by atoms with Gasteiger partial charge in [0, 0.05) is 10.9 Å². The minimum Gasteiger partial charge on any atom is -0.366 e. The highest BCUT2D eigenvalue weighted by molar-refractivity contribution is 6.14. The van der Waals surface area contributed by atoms with E-state index in [0.29, 0.717) is 16.9 Å². The number of para-hydroxylation sites is 2. The lowest BCUT2D eigenvalue weighted by Crippen LogP contribution is -2.18. The van der Waals surface area contributed by atoms with Crippen LogP contribution in [0.2, 0.25) is 0 Å². The lowest BCUT2D eigenvalue weighted by Gasteiger charge is -2.12. The predicted octanol–water partition coefficient (Wildman–Crippen LogP) is 4.82. The van der Waals surface area contributed by atoms with Crippen LogP contribution in [0.5, 0.6) is 0 Å². The first-order valence-electron chi connectivity index (χ1n) is 9.76. The van der Waals surface area contributed by atoms with E-state index in [1.807, 2.05) is 36.4 Å². The Hall–Kier alpha value is -3.99. The van der Waals surface area contributed by atoms with E-state index in [2.05, 4.69) is 24.4 Å². The first-order valence-corrected chi connectivity index (χ1v) is 9.76. The second-order valence-electron chi connectivity index (χ2n) is 6.99. The van der Waals surface area contributed by atoms with Gasteiger partial charge in [-0.3, -0.25) is 9.59 Å². The number of nitrogens with two attached hydrogens (primary N) is 1. The lowest BCUT2D eigenvalue weighted by molar-refractivity contribution is 0.100. The van der Waals surface area contributed by atoms with E-state index < -0.39 is 5.91 Å². The average molecular weight is 395 g/mol. The fourth-order valence-corrected chi connectivity index (χ4v) is 3.42. The van der Waals surface area contributed by atoms with Crippen LogP contribution in [0.3, 0.4) is 0 Å². The number of hydrogen-bond donors (Lipinski definition) is 2. The van der Waals surface area contributed by atoms with Crippen LogP contribution < -0.4 is 11.1 Å². The molecule has 4 aromatic rings. The van der Waals surface area contributed by atoms with Crippen LogP contribution in [0.25, 0.3) is 22.2 Å². The number of carbonyl (C=O) groups excluding carboxylic acids is 2. The summed E-state index contributed by atoms with van der Waals surface area (Å²) in [5, 5.41) is 3.57. The van der Waals surface area contributed by atoms with E-state index >= 15 is 0 Å². The molecule has 2 amide bonds. The van der Waals surface area contributed by atoms with Gasteiger partial charge in [0.1, 0.15) is 0 Å². The number of carbonyl (C=O) groups is 2. The highest BCUT2D eigenvalue weighted by Gasteiger charge is 2.16. The van der Waals surface area contributed by atoms with E-state index in [9.17, 15) is 9.59 Å². The van der Waals surface area contributed by atoms with Crippen molar-refractivity contribution in [1.82, 2.24) is 4.98 Å². The molecule has 0 saturated heterocycles. The average Bonchev–Trinajstić information content (AvgIpc) is 2.78. The van der Waals surface area contributed by atoms with Crippen molar-refractivity contribution in [3.8, 4) is 11.3 Å². The van der Waals surface area contributed by atoms with Crippen LogP contribution in [0.1, 0.15) is 33.2 Å². The maximum atomic E-state index is 13.2. The Balaban J connectivity index is 1.79. The van der Waals surface area contributed by atoms with Gasteiger partial charge in [-0.1, -0.05) is 61.5 Å². The molecule has 3 N–H and O–H groups in total. The fourth-order valence-electron chi connectivity index (χ4n) is 3.42. The maximum Gasteiger partial charge on any atom is 0.256 e. The molecule has 0 spiro atoms. The standard InChI is InChI=1S/C25H21N3O2/c1-2-16-11-13-17(14-12-16)23-15-20(18-7-3-5-9-21(18)27-23)25(30)28-22-10-6-4-8-19(22)24(26)29/h3-15H,2H2,1H3,(H2,26,29)(H,28,30). The van der Waals surface area contributed by atoms with Gasteiger partial charge in [0.15, 0.2) is 0 Å². The molecule has 0 atom stereocenters. The minimum atomic E-state index is -0.595. The Morgan fingerprint density at radius 2 is 1.60 bits per heavy atom. The van der Waals surface area contributed by atoms with Gasteiger partial charge in [-0.25, -0.2) is 4.98 Å². The number of benzene rings is 3. The number of nitrogens with zero attached hydrogens (tertiary/aromatic N) is 1. The maximum absolute atomic E-state index is 13.2. The largest absolute Gasteiger partial charge is 0.366 e. The molecule has 0 unspecified atom stereocenters. The van der Waals surface area contributed by atoms with Gasteiger partial charge in [-0.2, -0.15) is 0 Å². The van der Waals surface area contributed by atoms with Crippen LogP contribution in [0.4, 0.5) is 5.69 Å². The Morgan fingerprint density at radius 1 is 0.900 bits per heavy atom. The van der Waals surface area contributed by atoms with E-state index in [-0.39, 0.29) is 11.5 Å². The Kier molecular flexibility index (Phi) is 5.26. The topological polar surface area (TPSA) is 85.1 Å². The number of anilines is 1. The Labute approximate surface area is 174 Å². The van der Waals surface area contributed by atoms with E-state index in [1.165, 1.54) is 5.56 Å². The zero-order chi connectivity index (χ0) is 21.1. The third kappa shape index (κ3) is 3.78. The van der Waals surface area contributed by atoms with E-state index in [0.717, 1.165) is 22.9 Å². The summed E-state index contributed by atoms with van der Waals surface area (Å²) in [7, 11) is 0. The Bertz CT molecular complexity index is 1250. The van der Waals surface area contributed by atoms with Crippen molar-refractivity contribution in [3.05, 3.63) is 95.6 Å². The summed E-state index contributed by atoms with van der Waals surface area (Å²) in [6, 6.07) is 24.1. The first kappa shape index (κ1) is 19.3. The fraction of sp³-hybridized carbons (Fsp3) is 0.0800. The molecule has 30 heavy (non-hydrogen) atoms. The highest BCUT2D eigenvalue weighted by Crippen LogP contribution is 2.26. The molecule has 3 aromatic carbocycles. The molecule has 148 valence electrons. The molecule has 0 aliphatic carbocycles. The number of primary amides is 1. The first-order chi connectivity index (χ1) is 14.6. The summed E-state index contributed by atoms with van der Waals surface area (Å²) in [6.07, 6.45) is 0.957. The van der Waals surface area contributed by atoms with Crippen LogP contribution in [0, 0.1) is 0 Å². The van der Waals surface area contributed by atoms with Gasteiger partial charge in [0.2, 0.25) is 0 Å².